The number of anilines is 1. The normalized spacial score (nSPS) is 16.6. The third kappa shape index (κ3) is 4.32. The highest BCUT2D eigenvalue weighted by atomic mass is 32.2. The van der Waals surface area contributed by atoms with E-state index in [0.29, 0.717) is 17.4 Å². The third-order valence-electron chi connectivity index (χ3n) is 4.74. The van der Waals surface area contributed by atoms with Crippen LogP contribution in [0, 0.1) is 0 Å². The maximum absolute atomic E-state index is 12.4. The summed E-state index contributed by atoms with van der Waals surface area (Å²) in [6.45, 7) is 3.29. The van der Waals surface area contributed by atoms with Crippen LogP contribution >= 0.6 is 23.1 Å². The van der Waals surface area contributed by atoms with Crippen molar-refractivity contribution in [2.75, 3.05) is 18.0 Å². The molecule has 8 heteroatoms. The predicted molar refractivity (Wildman–Crippen MR) is 107 cm³/mol. The monoisotopic (exact) mass is 402 g/mol. The predicted octanol–water partition coefficient (Wildman–Crippen LogP) is 3.58. The second-order valence-electron chi connectivity index (χ2n) is 6.91. The number of pyridine rings is 1. The molecule has 1 saturated carbocycles. The van der Waals surface area contributed by atoms with Gasteiger partial charge in [0.15, 0.2) is 5.13 Å². The Morgan fingerprint density at radius 1 is 1.30 bits per heavy atom. The summed E-state index contributed by atoms with van der Waals surface area (Å²) in [5.74, 6) is 0.829. The van der Waals surface area contributed by atoms with Crippen LogP contribution in [0.2, 0.25) is 0 Å². The Labute approximate surface area is 167 Å². The van der Waals surface area contributed by atoms with Crippen molar-refractivity contribution >= 4 is 40.0 Å². The van der Waals surface area contributed by atoms with Crippen molar-refractivity contribution in [3.05, 3.63) is 35.0 Å². The molecule has 0 spiro atoms. The van der Waals surface area contributed by atoms with Gasteiger partial charge in [0, 0.05) is 43.4 Å². The molecule has 4 rings (SSSR count). The number of nitrogens with zero attached hydrogens (tertiary/aromatic N) is 4. The minimum absolute atomic E-state index is 0.0611. The molecule has 2 fully saturated rings. The van der Waals surface area contributed by atoms with Gasteiger partial charge in [-0.25, -0.2) is 9.97 Å². The van der Waals surface area contributed by atoms with Gasteiger partial charge in [0.05, 0.1) is 16.3 Å². The molecule has 27 heavy (non-hydrogen) atoms. The van der Waals surface area contributed by atoms with Crippen LogP contribution in [0.3, 0.4) is 0 Å². The van der Waals surface area contributed by atoms with Gasteiger partial charge in [-0.2, -0.15) is 0 Å². The van der Waals surface area contributed by atoms with Crippen molar-refractivity contribution in [2.45, 2.75) is 49.4 Å². The fraction of sp³-hybridized carbons (Fsp3) is 0.474. The van der Waals surface area contributed by atoms with Crippen LogP contribution in [0.15, 0.2) is 28.7 Å². The van der Waals surface area contributed by atoms with E-state index in [1.807, 2.05) is 27.3 Å². The zero-order valence-electron chi connectivity index (χ0n) is 15.3. The van der Waals surface area contributed by atoms with E-state index in [1.54, 1.807) is 24.9 Å². The molecule has 0 unspecified atom stereocenters. The number of carbonyl (C=O) groups excluding carboxylic acids is 2. The maximum atomic E-state index is 12.4. The molecule has 0 N–H and O–H groups in total. The molecule has 2 aliphatic rings. The van der Waals surface area contributed by atoms with E-state index in [4.69, 9.17) is 0 Å². The van der Waals surface area contributed by atoms with Crippen LogP contribution in [0.4, 0.5) is 5.13 Å². The SMILES string of the molecule is CC(=O)N(c1nc(CSc2ccc(C(=O)N3CCCC3)cn2)cs1)C1CC1. The Hall–Kier alpha value is -1.93. The molecule has 1 aliphatic carbocycles. The summed E-state index contributed by atoms with van der Waals surface area (Å²) in [4.78, 5) is 36.9. The van der Waals surface area contributed by atoms with E-state index in [9.17, 15) is 9.59 Å². The first kappa shape index (κ1) is 18.4. The quantitative estimate of drug-likeness (QED) is 0.691. The largest absolute Gasteiger partial charge is 0.339 e. The zero-order valence-corrected chi connectivity index (χ0v) is 16.9. The Balaban J connectivity index is 1.35. The van der Waals surface area contributed by atoms with E-state index >= 15 is 0 Å². The number of likely N-dealkylation sites (tertiary alicyclic amines) is 1. The topological polar surface area (TPSA) is 66.4 Å². The summed E-state index contributed by atoms with van der Waals surface area (Å²) in [7, 11) is 0. The minimum atomic E-state index is 0.0611. The minimum Gasteiger partial charge on any atom is -0.339 e. The number of carbonyl (C=O) groups is 2. The Morgan fingerprint density at radius 3 is 2.70 bits per heavy atom. The summed E-state index contributed by atoms with van der Waals surface area (Å²) in [6, 6.07) is 4.08. The standard InChI is InChI=1S/C19H22N4O2S2/c1-13(24)23(16-5-6-16)19-21-15(12-27-19)11-26-17-7-4-14(10-20-17)18(25)22-8-2-3-9-22/h4,7,10,12,16H,2-3,5-6,8-9,11H2,1H3. The van der Waals surface area contributed by atoms with Gasteiger partial charge in [-0.3, -0.25) is 14.5 Å². The Kier molecular flexibility index (Phi) is 5.45. The average molecular weight is 403 g/mol. The first-order valence-electron chi connectivity index (χ1n) is 9.24. The van der Waals surface area contributed by atoms with Gasteiger partial charge in [0.25, 0.3) is 5.91 Å². The van der Waals surface area contributed by atoms with Gasteiger partial charge in [0.1, 0.15) is 0 Å². The van der Waals surface area contributed by atoms with Crippen molar-refractivity contribution in [3.8, 4) is 0 Å². The van der Waals surface area contributed by atoms with Crippen LogP contribution < -0.4 is 4.90 Å². The van der Waals surface area contributed by atoms with E-state index in [2.05, 4.69) is 9.97 Å². The van der Waals surface area contributed by atoms with Crippen LogP contribution in [0.5, 0.6) is 0 Å². The summed E-state index contributed by atoms with van der Waals surface area (Å²) >= 11 is 3.11. The number of rotatable bonds is 6. The highest BCUT2D eigenvalue weighted by molar-refractivity contribution is 7.98. The number of thioether (sulfide) groups is 1. The molecule has 0 atom stereocenters. The molecular formula is C19H22N4O2S2. The molecule has 1 aliphatic heterocycles. The highest BCUT2D eigenvalue weighted by Gasteiger charge is 2.33. The van der Waals surface area contributed by atoms with E-state index in [0.717, 1.165) is 54.6 Å². The van der Waals surface area contributed by atoms with Crippen LogP contribution in [0.25, 0.3) is 0 Å². The smallest absolute Gasteiger partial charge is 0.255 e. The first-order valence-corrected chi connectivity index (χ1v) is 11.1. The van der Waals surface area contributed by atoms with Crippen molar-refractivity contribution in [3.63, 3.8) is 0 Å². The number of hydrogen-bond acceptors (Lipinski definition) is 6. The molecule has 2 aromatic rings. The zero-order chi connectivity index (χ0) is 18.8. The molecule has 2 aromatic heterocycles. The van der Waals surface area contributed by atoms with Crippen LogP contribution in [-0.4, -0.2) is 45.8 Å². The van der Waals surface area contributed by atoms with Crippen molar-refractivity contribution in [1.82, 2.24) is 14.9 Å². The molecule has 0 bridgehead atoms. The summed E-state index contributed by atoms with van der Waals surface area (Å²) in [5.41, 5.74) is 1.60. The lowest BCUT2D eigenvalue weighted by atomic mass is 10.2. The molecule has 2 amide bonds. The molecule has 0 aromatic carbocycles. The van der Waals surface area contributed by atoms with Crippen LogP contribution in [0.1, 0.15) is 48.7 Å². The molecular weight excluding hydrogens is 380 g/mol. The number of amides is 2. The third-order valence-corrected chi connectivity index (χ3v) is 6.61. The van der Waals surface area contributed by atoms with Crippen LogP contribution in [-0.2, 0) is 10.5 Å². The molecule has 142 valence electrons. The van der Waals surface area contributed by atoms with Gasteiger partial charge in [-0.15, -0.1) is 23.1 Å². The fourth-order valence-corrected chi connectivity index (χ4v) is 4.98. The second kappa shape index (κ2) is 7.98. The highest BCUT2D eigenvalue weighted by Crippen LogP contribution is 2.34. The molecule has 0 radical (unpaired) electrons. The molecule has 3 heterocycles. The Bertz CT molecular complexity index is 826. The maximum Gasteiger partial charge on any atom is 0.255 e. The average Bonchev–Trinajstić information content (AvgIpc) is 3.16. The van der Waals surface area contributed by atoms with Gasteiger partial charge >= 0.3 is 0 Å². The lowest BCUT2D eigenvalue weighted by molar-refractivity contribution is -0.116. The van der Waals surface area contributed by atoms with Crippen molar-refractivity contribution in [2.24, 2.45) is 0 Å². The number of thiazole rings is 1. The molecule has 6 nitrogen and oxygen atoms in total. The van der Waals surface area contributed by atoms with E-state index in [-0.39, 0.29) is 11.8 Å². The second-order valence-corrected chi connectivity index (χ2v) is 8.75. The molecule has 1 saturated heterocycles. The Morgan fingerprint density at radius 2 is 2.07 bits per heavy atom. The van der Waals surface area contributed by atoms with Gasteiger partial charge in [-0.05, 0) is 37.8 Å². The number of aromatic nitrogens is 2. The van der Waals surface area contributed by atoms with E-state index < -0.39 is 0 Å². The summed E-state index contributed by atoms with van der Waals surface area (Å²) in [5, 5.41) is 3.67. The van der Waals surface area contributed by atoms with E-state index in [1.165, 1.54) is 11.3 Å². The van der Waals surface area contributed by atoms with Gasteiger partial charge < -0.3 is 4.90 Å². The lowest BCUT2D eigenvalue weighted by Crippen LogP contribution is -2.30. The van der Waals surface area contributed by atoms with Gasteiger partial charge in [-0.1, -0.05) is 0 Å². The van der Waals surface area contributed by atoms with Crippen molar-refractivity contribution < 1.29 is 9.59 Å². The first-order chi connectivity index (χ1) is 13.1. The number of hydrogen-bond donors (Lipinski definition) is 0. The fourth-order valence-electron chi connectivity index (χ4n) is 3.20. The summed E-state index contributed by atoms with van der Waals surface area (Å²) < 4.78 is 0. The van der Waals surface area contributed by atoms with Gasteiger partial charge in [0.2, 0.25) is 5.91 Å². The lowest BCUT2D eigenvalue weighted by Gasteiger charge is -2.16. The van der Waals surface area contributed by atoms with Crippen molar-refractivity contribution in [1.29, 1.82) is 0 Å². The summed E-state index contributed by atoms with van der Waals surface area (Å²) in [6.07, 6.45) is 5.97.